The van der Waals surface area contributed by atoms with Gasteiger partial charge in [0.15, 0.2) is 0 Å². The highest BCUT2D eigenvalue weighted by molar-refractivity contribution is 7.89. The van der Waals surface area contributed by atoms with E-state index in [2.05, 4.69) is 5.32 Å². The summed E-state index contributed by atoms with van der Waals surface area (Å²) in [5.41, 5.74) is 4.06. The molecule has 2 aromatic rings. The van der Waals surface area contributed by atoms with Gasteiger partial charge in [0, 0.05) is 36.9 Å². The van der Waals surface area contributed by atoms with Gasteiger partial charge >= 0.3 is 0 Å². The molecule has 1 aliphatic carbocycles. The quantitative estimate of drug-likeness (QED) is 0.764. The predicted molar refractivity (Wildman–Crippen MR) is 118 cm³/mol. The molecule has 6 nitrogen and oxygen atoms in total. The third-order valence-electron chi connectivity index (χ3n) is 5.87. The molecule has 0 radical (unpaired) electrons. The van der Waals surface area contributed by atoms with Crippen molar-refractivity contribution in [3.63, 3.8) is 0 Å². The lowest BCUT2D eigenvalue weighted by atomic mass is 10.1. The standard InChI is InChI=1S/C22H26ClN3O3S/c1-16-13-19(23)6-8-21(16)24-22(27)15-25-9-11-26(12-10-25)30(28,29)20-7-5-17-3-2-4-18(17)14-20/h5-8,13-14H,2-4,9-12,15H2,1H3,(H,24,27). The second-order valence-electron chi connectivity index (χ2n) is 7.97. The van der Waals surface area contributed by atoms with Crippen LogP contribution in [0.15, 0.2) is 41.3 Å². The highest BCUT2D eigenvalue weighted by Crippen LogP contribution is 2.27. The number of nitrogens with one attached hydrogen (secondary N) is 1. The third kappa shape index (κ3) is 4.54. The van der Waals surface area contributed by atoms with Gasteiger partial charge in [0.25, 0.3) is 0 Å². The number of nitrogens with zero attached hydrogens (tertiary/aromatic N) is 2. The first-order valence-corrected chi connectivity index (χ1v) is 12.0. The smallest absolute Gasteiger partial charge is 0.243 e. The molecule has 1 heterocycles. The molecule has 1 aliphatic heterocycles. The van der Waals surface area contributed by atoms with E-state index in [1.54, 1.807) is 24.3 Å². The van der Waals surface area contributed by atoms with Crippen molar-refractivity contribution in [1.82, 2.24) is 9.21 Å². The number of anilines is 1. The van der Waals surface area contributed by atoms with Gasteiger partial charge in [-0.25, -0.2) is 8.42 Å². The molecule has 1 amide bonds. The molecule has 160 valence electrons. The Bertz CT molecular complexity index is 1060. The number of aryl methyl sites for hydroxylation is 3. The number of carbonyl (C=O) groups is 1. The van der Waals surface area contributed by atoms with E-state index in [-0.39, 0.29) is 12.5 Å². The number of hydrogen-bond donors (Lipinski definition) is 1. The molecule has 8 heteroatoms. The van der Waals surface area contributed by atoms with E-state index in [9.17, 15) is 13.2 Å². The molecule has 2 aromatic carbocycles. The van der Waals surface area contributed by atoms with E-state index in [1.165, 1.54) is 9.87 Å². The van der Waals surface area contributed by atoms with Gasteiger partial charge in [0.1, 0.15) is 0 Å². The van der Waals surface area contributed by atoms with E-state index in [4.69, 9.17) is 11.6 Å². The van der Waals surface area contributed by atoms with Crippen LogP contribution in [0.25, 0.3) is 0 Å². The monoisotopic (exact) mass is 447 g/mol. The van der Waals surface area contributed by atoms with E-state index in [0.29, 0.717) is 36.1 Å². The minimum atomic E-state index is -3.50. The van der Waals surface area contributed by atoms with E-state index < -0.39 is 10.0 Å². The van der Waals surface area contributed by atoms with Crippen molar-refractivity contribution in [2.24, 2.45) is 0 Å². The first kappa shape index (κ1) is 21.3. The Morgan fingerprint density at radius 2 is 1.77 bits per heavy atom. The predicted octanol–water partition coefficient (Wildman–Crippen LogP) is 3.08. The van der Waals surface area contributed by atoms with Crippen LogP contribution < -0.4 is 5.32 Å². The summed E-state index contributed by atoms with van der Waals surface area (Å²) in [4.78, 5) is 14.8. The number of rotatable bonds is 5. The molecular weight excluding hydrogens is 422 g/mol. The second kappa shape index (κ2) is 8.67. The first-order chi connectivity index (χ1) is 14.3. The van der Waals surface area contributed by atoms with Crippen molar-refractivity contribution < 1.29 is 13.2 Å². The van der Waals surface area contributed by atoms with Crippen LogP contribution in [0, 0.1) is 6.92 Å². The molecule has 0 atom stereocenters. The van der Waals surface area contributed by atoms with Gasteiger partial charge in [0.05, 0.1) is 11.4 Å². The van der Waals surface area contributed by atoms with Crippen molar-refractivity contribution in [3.05, 3.63) is 58.1 Å². The molecule has 2 aliphatic rings. The fourth-order valence-corrected chi connectivity index (χ4v) is 5.85. The zero-order valence-corrected chi connectivity index (χ0v) is 18.6. The molecule has 1 N–H and O–H groups in total. The summed E-state index contributed by atoms with van der Waals surface area (Å²) < 4.78 is 27.6. The largest absolute Gasteiger partial charge is 0.325 e. The zero-order chi connectivity index (χ0) is 21.3. The van der Waals surface area contributed by atoms with Crippen molar-refractivity contribution in [2.75, 3.05) is 38.0 Å². The molecule has 4 rings (SSSR count). The molecule has 0 saturated carbocycles. The van der Waals surface area contributed by atoms with Crippen LogP contribution in [0.5, 0.6) is 0 Å². The number of sulfonamides is 1. The normalized spacial score (nSPS) is 17.7. The highest BCUT2D eigenvalue weighted by atomic mass is 35.5. The summed E-state index contributed by atoms with van der Waals surface area (Å²) in [6.45, 7) is 3.94. The van der Waals surface area contributed by atoms with Crippen LogP contribution in [0.3, 0.4) is 0 Å². The van der Waals surface area contributed by atoms with Crippen molar-refractivity contribution in [1.29, 1.82) is 0 Å². The zero-order valence-electron chi connectivity index (χ0n) is 17.0. The molecule has 0 bridgehead atoms. The van der Waals surface area contributed by atoms with Crippen LogP contribution in [0.2, 0.25) is 5.02 Å². The first-order valence-electron chi connectivity index (χ1n) is 10.2. The number of fused-ring (bicyclic) bond motifs is 1. The summed E-state index contributed by atoms with van der Waals surface area (Å²) in [5, 5.41) is 3.54. The Labute approximate surface area is 182 Å². The topological polar surface area (TPSA) is 69.7 Å². The van der Waals surface area contributed by atoms with Gasteiger partial charge in [-0.2, -0.15) is 4.31 Å². The Kier molecular flexibility index (Phi) is 6.16. The van der Waals surface area contributed by atoms with Crippen molar-refractivity contribution in [3.8, 4) is 0 Å². The van der Waals surface area contributed by atoms with E-state index in [0.717, 1.165) is 36.1 Å². The molecule has 1 fully saturated rings. The summed E-state index contributed by atoms with van der Waals surface area (Å²) in [6, 6.07) is 10.9. The lowest BCUT2D eigenvalue weighted by molar-refractivity contribution is -0.117. The summed E-state index contributed by atoms with van der Waals surface area (Å²) in [5.74, 6) is -0.115. The Morgan fingerprint density at radius 1 is 1.03 bits per heavy atom. The molecule has 0 unspecified atom stereocenters. The lowest BCUT2D eigenvalue weighted by Crippen LogP contribution is -2.50. The maximum Gasteiger partial charge on any atom is 0.243 e. The SMILES string of the molecule is Cc1cc(Cl)ccc1NC(=O)CN1CCN(S(=O)(=O)c2ccc3c(c2)CCC3)CC1. The van der Waals surface area contributed by atoms with Crippen LogP contribution in [-0.4, -0.2) is 56.3 Å². The molecular formula is C22H26ClN3O3S. The van der Waals surface area contributed by atoms with Gasteiger partial charge in [-0.05, 0) is 73.2 Å². The molecule has 0 spiro atoms. The average molecular weight is 448 g/mol. The Balaban J connectivity index is 1.33. The van der Waals surface area contributed by atoms with Crippen molar-refractivity contribution >= 4 is 33.2 Å². The van der Waals surface area contributed by atoms with Gasteiger partial charge in [-0.15, -0.1) is 0 Å². The lowest BCUT2D eigenvalue weighted by Gasteiger charge is -2.33. The number of hydrogen-bond acceptors (Lipinski definition) is 4. The maximum absolute atomic E-state index is 13.0. The number of carbonyl (C=O) groups excluding carboxylic acids is 1. The molecule has 1 saturated heterocycles. The average Bonchev–Trinajstić information content (AvgIpc) is 3.18. The molecule has 30 heavy (non-hydrogen) atoms. The van der Waals surface area contributed by atoms with Gasteiger partial charge in [-0.1, -0.05) is 17.7 Å². The number of benzene rings is 2. The fraction of sp³-hybridized carbons (Fsp3) is 0.409. The minimum Gasteiger partial charge on any atom is -0.325 e. The van der Waals surface area contributed by atoms with Crippen LogP contribution in [0.1, 0.15) is 23.1 Å². The van der Waals surface area contributed by atoms with Crippen molar-refractivity contribution in [2.45, 2.75) is 31.1 Å². The maximum atomic E-state index is 13.0. The van der Waals surface area contributed by atoms with Gasteiger partial charge in [-0.3, -0.25) is 9.69 Å². The summed E-state index contributed by atoms with van der Waals surface area (Å²) >= 11 is 5.96. The van der Waals surface area contributed by atoms with Gasteiger partial charge in [0.2, 0.25) is 15.9 Å². The van der Waals surface area contributed by atoms with E-state index >= 15 is 0 Å². The molecule has 0 aromatic heterocycles. The second-order valence-corrected chi connectivity index (χ2v) is 10.3. The Morgan fingerprint density at radius 3 is 2.50 bits per heavy atom. The number of halogens is 1. The van der Waals surface area contributed by atoms with Gasteiger partial charge < -0.3 is 5.32 Å². The number of piperazine rings is 1. The summed E-state index contributed by atoms with van der Waals surface area (Å²) in [6.07, 6.45) is 3.08. The van der Waals surface area contributed by atoms with Crippen LogP contribution >= 0.6 is 11.6 Å². The van der Waals surface area contributed by atoms with E-state index in [1.807, 2.05) is 24.0 Å². The minimum absolute atomic E-state index is 0.115. The Hall–Kier alpha value is -1.93. The third-order valence-corrected chi connectivity index (χ3v) is 8.00. The highest BCUT2D eigenvalue weighted by Gasteiger charge is 2.30. The van der Waals surface area contributed by atoms with Crippen LogP contribution in [-0.2, 0) is 27.7 Å². The number of amides is 1. The fourth-order valence-electron chi connectivity index (χ4n) is 4.15. The van der Waals surface area contributed by atoms with Crippen LogP contribution in [0.4, 0.5) is 5.69 Å². The summed E-state index contributed by atoms with van der Waals surface area (Å²) in [7, 11) is -3.50.